The minimum atomic E-state index is -0.468. The Morgan fingerprint density at radius 1 is 1.29 bits per heavy atom. The number of amides is 1. The molecule has 1 N–H and O–H groups in total. The van der Waals surface area contributed by atoms with Gasteiger partial charge in [0.05, 0.1) is 17.3 Å². The number of H-pyrrole nitrogens is 1. The molecule has 0 fully saturated rings. The van der Waals surface area contributed by atoms with Gasteiger partial charge in [-0.3, -0.25) is 9.59 Å². The Labute approximate surface area is 140 Å². The van der Waals surface area contributed by atoms with E-state index in [2.05, 4.69) is 16.0 Å². The van der Waals surface area contributed by atoms with Gasteiger partial charge in [-0.05, 0) is 38.0 Å². The van der Waals surface area contributed by atoms with Crippen LogP contribution in [0.15, 0.2) is 29.1 Å². The number of aromatic nitrogens is 2. The van der Waals surface area contributed by atoms with Gasteiger partial charge in [0.1, 0.15) is 0 Å². The summed E-state index contributed by atoms with van der Waals surface area (Å²) in [5.74, 6) is -0.384. The van der Waals surface area contributed by atoms with E-state index < -0.39 is 5.56 Å². The fraction of sp³-hybridized carbons (Fsp3) is 0.333. The molecule has 1 aromatic heterocycles. The molecule has 0 saturated carbocycles. The minimum Gasteiger partial charge on any atom is -0.333 e. The van der Waals surface area contributed by atoms with Crippen molar-refractivity contribution < 1.29 is 4.79 Å². The summed E-state index contributed by atoms with van der Waals surface area (Å²) >= 11 is 0. The second-order valence-corrected chi connectivity index (χ2v) is 5.66. The van der Waals surface area contributed by atoms with Crippen molar-refractivity contribution in [1.82, 2.24) is 14.9 Å². The number of carbonyl (C=O) groups excluding carboxylic acids is 1. The monoisotopic (exact) mass is 324 g/mol. The Hall–Kier alpha value is -2.94. The van der Waals surface area contributed by atoms with Crippen LogP contribution in [-0.4, -0.2) is 27.3 Å². The predicted molar refractivity (Wildman–Crippen MR) is 90.5 cm³/mol. The lowest BCUT2D eigenvalue weighted by Crippen LogP contribution is -2.36. The van der Waals surface area contributed by atoms with Crippen LogP contribution in [0.25, 0.3) is 0 Å². The highest BCUT2D eigenvalue weighted by molar-refractivity contribution is 5.92. The first kappa shape index (κ1) is 17.4. The molecule has 0 aliphatic rings. The van der Waals surface area contributed by atoms with Crippen LogP contribution in [0, 0.1) is 25.2 Å². The lowest BCUT2D eigenvalue weighted by atomic mass is 10.1. The molecular formula is C18H20N4O2. The number of hydrogen-bond acceptors (Lipinski definition) is 4. The van der Waals surface area contributed by atoms with Crippen LogP contribution >= 0.6 is 0 Å². The normalized spacial score (nSPS) is 10.2. The fourth-order valence-electron chi connectivity index (χ4n) is 2.34. The summed E-state index contributed by atoms with van der Waals surface area (Å²) < 4.78 is 0. The molecule has 2 rings (SSSR count). The van der Waals surface area contributed by atoms with Crippen molar-refractivity contribution in [2.45, 2.75) is 33.7 Å². The quantitative estimate of drug-likeness (QED) is 0.914. The highest BCUT2D eigenvalue weighted by Gasteiger charge is 2.21. The molecular weight excluding hydrogens is 304 g/mol. The van der Waals surface area contributed by atoms with Crippen LogP contribution in [0.5, 0.6) is 0 Å². The van der Waals surface area contributed by atoms with E-state index in [0.717, 1.165) is 12.0 Å². The highest BCUT2D eigenvalue weighted by atomic mass is 16.2. The molecule has 0 aliphatic heterocycles. The Kier molecular flexibility index (Phi) is 5.48. The van der Waals surface area contributed by atoms with Gasteiger partial charge in [0.25, 0.3) is 11.5 Å². The lowest BCUT2D eigenvalue weighted by molar-refractivity contribution is 0.0735. The molecule has 0 atom stereocenters. The van der Waals surface area contributed by atoms with Crippen molar-refractivity contribution in [2.24, 2.45) is 0 Å². The highest BCUT2D eigenvalue weighted by Crippen LogP contribution is 2.10. The summed E-state index contributed by atoms with van der Waals surface area (Å²) in [4.78, 5) is 33.2. The average molecular weight is 324 g/mol. The van der Waals surface area contributed by atoms with Crippen LogP contribution in [0.4, 0.5) is 0 Å². The Bertz CT molecular complexity index is 832. The maximum absolute atomic E-state index is 12.7. The number of nitrogens with zero attached hydrogens (tertiary/aromatic N) is 3. The van der Waals surface area contributed by atoms with E-state index in [9.17, 15) is 9.59 Å². The standard InChI is InChI=1S/C18H20N4O2/c1-4-9-22(11-15-7-5-14(10-19)6-8-15)18(24)16-17(23)21-13(3)12(2)20-16/h5-8H,4,9,11H2,1-3H3,(H,21,23). The first-order valence-corrected chi connectivity index (χ1v) is 7.82. The number of hydrogen-bond donors (Lipinski definition) is 1. The van der Waals surface area contributed by atoms with Crippen molar-refractivity contribution in [3.05, 3.63) is 62.8 Å². The Balaban J connectivity index is 2.29. The zero-order valence-electron chi connectivity index (χ0n) is 14.1. The van der Waals surface area contributed by atoms with Gasteiger partial charge in [-0.2, -0.15) is 5.26 Å². The molecule has 6 heteroatoms. The zero-order chi connectivity index (χ0) is 17.7. The van der Waals surface area contributed by atoms with Crippen molar-refractivity contribution in [1.29, 1.82) is 5.26 Å². The largest absolute Gasteiger partial charge is 0.333 e. The van der Waals surface area contributed by atoms with E-state index in [-0.39, 0.29) is 11.6 Å². The van der Waals surface area contributed by atoms with Crippen LogP contribution in [0.1, 0.15) is 46.3 Å². The molecule has 0 aliphatic carbocycles. The minimum absolute atomic E-state index is 0.0832. The van der Waals surface area contributed by atoms with Crippen LogP contribution in [0.2, 0.25) is 0 Å². The number of nitriles is 1. The molecule has 1 amide bonds. The number of rotatable bonds is 5. The van der Waals surface area contributed by atoms with Crippen LogP contribution in [0.3, 0.4) is 0 Å². The van der Waals surface area contributed by atoms with Gasteiger partial charge in [-0.15, -0.1) is 0 Å². The van der Waals surface area contributed by atoms with E-state index >= 15 is 0 Å². The number of benzene rings is 1. The molecule has 6 nitrogen and oxygen atoms in total. The molecule has 124 valence electrons. The fourth-order valence-corrected chi connectivity index (χ4v) is 2.34. The van der Waals surface area contributed by atoms with Gasteiger partial charge >= 0.3 is 0 Å². The van der Waals surface area contributed by atoms with E-state index in [1.54, 1.807) is 30.9 Å². The maximum Gasteiger partial charge on any atom is 0.279 e. The predicted octanol–water partition coefficient (Wildman–Crippen LogP) is 2.31. The third kappa shape index (κ3) is 3.87. The van der Waals surface area contributed by atoms with E-state index in [1.165, 1.54) is 0 Å². The van der Waals surface area contributed by atoms with Gasteiger partial charge in [-0.1, -0.05) is 19.1 Å². The van der Waals surface area contributed by atoms with Crippen molar-refractivity contribution >= 4 is 5.91 Å². The third-order valence-corrected chi connectivity index (χ3v) is 3.78. The zero-order valence-corrected chi connectivity index (χ0v) is 14.1. The summed E-state index contributed by atoms with van der Waals surface area (Å²) in [6.07, 6.45) is 0.769. The average Bonchev–Trinajstić information content (AvgIpc) is 2.58. The summed E-state index contributed by atoms with van der Waals surface area (Å²) in [5.41, 5.74) is 2.21. The second kappa shape index (κ2) is 7.55. The summed E-state index contributed by atoms with van der Waals surface area (Å²) in [6.45, 7) is 6.36. The van der Waals surface area contributed by atoms with Crippen LogP contribution in [-0.2, 0) is 6.54 Å². The molecule has 0 saturated heterocycles. The number of aryl methyl sites for hydroxylation is 2. The molecule has 1 aromatic carbocycles. The Morgan fingerprint density at radius 2 is 1.96 bits per heavy atom. The van der Waals surface area contributed by atoms with Gasteiger partial charge in [0, 0.05) is 18.8 Å². The van der Waals surface area contributed by atoms with Crippen molar-refractivity contribution in [2.75, 3.05) is 6.54 Å². The molecule has 24 heavy (non-hydrogen) atoms. The van der Waals surface area contributed by atoms with Gasteiger partial charge in [0.2, 0.25) is 0 Å². The first-order chi connectivity index (χ1) is 11.5. The smallest absolute Gasteiger partial charge is 0.279 e. The van der Waals surface area contributed by atoms with Crippen LogP contribution < -0.4 is 5.56 Å². The SMILES string of the molecule is CCCN(Cc1ccc(C#N)cc1)C(=O)c1nc(C)c(C)[nH]c1=O. The summed E-state index contributed by atoms with van der Waals surface area (Å²) in [5, 5.41) is 8.85. The molecule has 0 radical (unpaired) electrons. The van der Waals surface area contributed by atoms with Crippen molar-refractivity contribution in [3.63, 3.8) is 0 Å². The van der Waals surface area contributed by atoms with E-state index in [1.807, 2.05) is 19.1 Å². The van der Waals surface area contributed by atoms with Gasteiger partial charge in [0.15, 0.2) is 5.69 Å². The molecule has 2 aromatic rings. The number of nitrogens with one attached hydrogen (secondary N) is 1. The number of aromatic amines is 1. The van der Waals surface area contributed by atoms with E-state index in [4.69, 9.17) is 5.26 Å². The second-order valence-electron chi connectivity index (χ2n) is 5.66. The third-order valence-electron chi connectivity index (χ3n) is 3.78. The maximum atomic E-state index is 12.7. The van der Waals surface area contributed by atoms with Gasteiger partial charge in [-0.25, -0.2) is 4.98 Å². The summed E-state index contributed by atoms with van der Waals surface area (Å²) in [7, 11) is 0. The van der Waals surface area contributed by atoms with Gasteiger partial charge < -0.3 is 9.88 Å². The number of carbonyl (C=O) groups is 1. The van der Waals surface area contributed by atoms with E-state index in [0.29, 0.717) is 30.0 Å². The molecule has 0 bridgehead atoms. The topological polar surface area (TPSA) is 89.8 Å². The Morgan fingerprint density at radius 3 is 2.54 bits per heavy atom. The first-order valence-electron chi connectivity index (χ1n) is 7.82. The lowest BCUT2D eigenvalue weighted by Gasteiger charge is -2.22. The summed E-state index contributed by atoms with van der Waals surface area (Å²) in [6, 6.07) is 9.11. The molecule has 0 unspecified atom stereocenters. The molecule has 1 heterocycles. The van der Waals surface area contributed by atoms with Crippen molar-refractivity contribution in [3.8, 4) is 6.07 Å². The molecule has 0 spiro atoms.